The molecule has 0 aliphatic heterocycles. The number of likely N-dealkylation sites (N-methyl/N-ethyl adjacent to an activating group) is 1. The second-order valence-electron chi connectivity index (χ2n) is 7.60. The van der Waals surface area contributed by atoms with Crippen molar-refractivity contribution in [1.29, 1.82) is 0 Å². The fraction of sp³-hybridized carbons (Fsp3) is 0.240. The van der Waals surface area contributed by atoms with Gasteiger partial charge in [0, 0.05) is 13.1 Å². The highest BCUT2D eigenvalue weighted by Gasteiger charge is 2.26. The predicted molar refractivity (Wildman–Crippen MR) is 127 cm³/mol. The monoisotopic (exact) mass is 468 g/mol. The van der Waals surface area contributed by atoms with E-state index in [2.05, 4.69) is 5.32 Å². The summed E-state index contributed by atoms with van der Waals surface area (Å²) in [6, 6.07) is 21.3. The standard InChI is InChI=1S/C25H28N2O5S/c1-18-10-12-20(13-11-18)25(19-8-6-5-7-9-19)26-24(28)17-27(2)33(29,30)21-14-15-22(31-3)23(16-21)32-4/h5-16,25H,17H2,1-4H3,(H,26,28). The zero-order valence-electron chi connectivity index (χ0n) is 19.1. The number of ether oxygens (including phenoxy) is 2. The van der Waals surface area contributed by atoms with Gasteiger partial charge in [0.05, 0.1) is 31.7 Å². The van der Waals surface area contributed by atoms with E-state index in [0.29, 0.717) is 11.5 Å². The molecule has 0 fully saturated rings. The number of hydrogen-bond donors (Lipinski definition) is 1. The molecule has 174 valence electrons. The SMILES string of the molecule is COc1ccc(S(=O)(=O)N(C)CC(=O)NC(c2ccccc2)c2ccc(C)cc2)cc1OC. The molecule has 1 N–H and O–H groups in total. The summed E-state index contributed by atoms with van der Waals surface area (Å²) in [5, 5.41) is 2.97. The van der Waals surface area contributed by atoms with Gasteiger partial charge in [-0.05, 0) is 30.2 Å². The molecule has 1 atom stereocenters. The molecule has 0 spiro atoms. The van der Waals surface area contributed by atoms with Crippen LogP contribution in [-0.2, 0) is 14.8 Å². The van der Waals surface area contributed by atoms with E-state index in [1.54, 1.807) is 0 Å². The van der Waals surface area contributed by atoms with Crippen molar-refractivity contribution in [2.24, 2.45) is 0 Å². The number of carbonyl (C=O) groups is 1. The quantitative estimate of drug-likeness (QED) is 0.519. The van der Waals surface area contributed by atoms with Crippen LogP contribution in [-0.4, -0.2) is 46.4 Å². The number of amides is 1. The molecule has 33 heavy (non-hydrogen) atoms. The molecule has 3 aromatic rings. The minimum absolute atomic E-state index is 0.00796. The maximum Gasteiger partial charge on any atom is 0.243 e. The van der Waals surface area contributed by atoms with Crippen LogP contribution >= 0.6 is 0 Å². The van der Waals surface area contributed by atoms with Crippen LogP contribution in [0.15, 0.2) is 77.7 Å². The second-order valence-corrected chi connectivity index (χ2v) is 9.64. The molecule has 0 aromatic heterocycles. The number of rotatable bonds is 9. The van der Waals surface area contributed by atoms with Gasteiger partial charge in [0.1, 0.15) is 0 Å². The van der Waals surface area contributed by atoms with E-state index >= 15 is 0 Å². The van der Waals surface area contributed by atoms with Gasteiger partial charge in [0.25, 0.3) is 0 Å². The Morgan fingerprint density at radius 3 is 2.12 bits per heavy atom. The molecule has 1 unspecified atom stereocenters. The van der Waals surface area contributed by atoms with Gasteiger partial charge < -0.3 is 14.8 Å². The van der Waals surface area contributed by atoms with Crippen molar-refractivity contribution in [2.45, 2.75) is 17.9 Å². The summed E-state index contributed by atoms with van der Waals surface area (Å²) in [6.07, 6.45) is 0. The summed E-state index contributed by atoms with van der Waals surface area (Å²) in [5.74, 6) is 0.288. The molecule has 3 rings (SSSR count). The largest absolute Gasteiger partial charge is 0.493 e. The first kappa shape index (κ1) is 24.3. The molecule has 0 heterocycles. The Labute approximate surface area is 195 Å². The zero-order valence-corrected chi connectivity index (χ0v) is 19.9. The molecule has 0 saturated heterocycles. The maximum atomic E-state index is 13.0. The van der Waals surface area contributed by atoms with Gasteiger partial charge in [-0.25, -0.2) is 8.42 Å². The number of carbonyl (C=O) groups excluding carboxylic acids is 1. The van der Waals surface area contributed by atoms with Gasteiger partial charge in [0.15, 0.2) is 11.5 Å². The van der Waals surface area contributed by atoms with Crippen molar-refractivity contribution < 1.29 is 22.7 Å². The summed E-state index contributed by atoms with van der Waals surface area (Å²) in [6.45, 7) is 1.65. The summed E-state index contributed by atoms with van der Waals surface area (Å²) >= 11 is 0. The number of sulfonamides is 1. The third kappa shape index (κ3) is 5.71. The van der Waals surface area contributed by atoms with E-state index < -0.39 is 22.0 Å². The highest BCUT2D eigenvalue weighted by atomic mass is 32.2. The highest BCUT2D eigenvalue weighted by Crippen LogP contribution is 2.30. The molecule has 3 aromatic carbocycles. The summed E-state index contributed by atoms with van der Waals surface area (Å²) in [7, 11) is 0.347. The lowest BCUT2D eigenvalue weighted by Crippen LogP contribution is -2.40. The van der Waals surface area contributed by atoms with Crippen LogP contribution in [0.5, 0.6) is 11.5 Å². The first-order valence-corrected chi connectivity index (χ1v) is 11.8. The minimum Gasteiger partial charge on any atom is -0.493 e. The van der Waals surface area contributed by atoms with Crippen molar-refractivity contribution in [3.8, 4) is 11.5 Å². The number of hydrogen-bond acceptors (Lipinski definition) is 5. The summed E-state index contributed by atoms with van der Waals surface area (Å²) in [4.78, 5) is 12.9. The Morgan fingerprint density at radius 2 is 1.52 bits per heavy atom. The molecule has 0 bridgehead atoms. The Kier molecular flexibility index (Phi) is 7.73. The van der Waals surface area contributed by atoms with Crippen LogP contribution in [0.1, 0.15) is 22.7 Å². The number of aryl methyl sites for hydroxylation is 1. The molecular formula is C25H28N2O5S. The highest BCUT2D eigenvalue weighted by molar-refractivity contribution is 7.89. The van der Waals surface area contributed by atoms with Crippen molar-refractivity contribution in [1.82, 2.24) is 9.62 Å². The van der Waals surface area contributed by atoms with E-state index in [1.165, 1.54) is 39.5 Å². The zero-order chi connectivity index (χ0) is 24.0. The number of nitrogens with zero attached hydrogens (tertiary/aromatic N) is 1. The van der Waals surface area contributed by atoms with Gasteiger partial charge in [-0.2, -0.15) is 4.31 Å². The van der Waals surface area contributed by atoms with Gasteiger partial charge in [0.2, 0.25) is 15.9 Å². The number of methoxy groups -OCH3 is 2. The number of nitrogens with one attached hydrogen (secondary N) is 1. The molecule has 0 radical (unpaired) electrons. The first-order valence-electron chi connectivity index (χ1n) is 10.4. The second kappa shape index (κ2) is 10.5. The average molecular weight is 469 g/mol. The van der Waals surface area contributed by atoms with E-state index in [-0.39, 0.29) is 11.4 Å². The summed E-state index contributed by atoms with van der Waals surface area (Å²) < 4.78 is 37.5. The third-order valence-corrected chi connectivity index (χ3v) is 7.08. The van der Waals surface area contributed by atoms with Gasteiger partial charge in [-0.3, -0.25) is 4.79 Å². The molecule has 8 heteroatoms. The van der Waals surface area contributed by atoms with E-state index in [0.717, 1.165) is 21.0 Å². The lowest BCUT2D eigenvalue weighted by atomic mass is 9.98. The fourth-order valence-electron chi connectivity index (χ4n) is 3.41. The van der Waals surface area contributed by atoms with E-state index in [9.17, 15) is 13.2 Å². The fourth-order valence-corrected chi connectivity index (χ4v) is 4.56. The molecule has 1 amide bonds. The van der Waals surface area contributed by atoms with Crippen molar-refractivity contribution in [3.05, 3.63) is 89.5 Å². The normalized spacial score (nSPS) is 12.3. The smallest absolute Gasteiger partial charge is 0.243 e. The van der Waals surface area contributed by atoms with Crippen molar-refractivity contribution in [2.75, 3.05) is 27.8 Å². The Morgan fingerprint density at radius 1 is 0.909 bits per heavy atom. The Hall–Kier alpha value is -3.36. The van der Waals surface area contributed by atoms with Gasteiger partial charge in [-0.15, -0.1) is 0 Å². The van der Waals surface area contributed by atoms with E-state index in [4.69, 9.17) is 9.47 Å². The molecule has 7 nitrogen and oxygen atoms in total. The van der Waals surface area contributed by atoms with Crippen LogP contribution in [0.25, 0.3) is 0 Å². The van der Waals surface area contributed by atoms with Crippen LogP contribution in [0.2, 0.25) is 0 Å². The van der Waals surface area contributed by atoms with Crippen LogP contribution in [0, 0.1) is 6.92 Å². The topological polar surface area (TPSA) is 84.9 Å². The lowest BCUT2D eigenvalue weighted by molar-refractivity contribution is -0.121. The first-order chi connectivity index (χ1) is 15.8. The third-order valence-electron chi connectivity index (χ3n) is 5.28. The van der Waals surface area contributed by atoms with Crippen LogP contribution < -0.4 is 14.8 Å². The Bertz CT molecular complexity index is 1200. The van der Waals surface area contributed by atoms with Crippen molar-refractivity contribution in [3.63, 3.8) is 0 Å². The molecule has 0 aliphatic rings. The molecule has 0 saturated carbocycles. The Balaban J connectivity index is 1.80. The maximum absolute atomic E-state index is 13.0. The van der Waals surface area contributed by atoms with Gasteiger partial charge >= 0.3 is 0 Å². The van der Waals surface area contributed by atoms with Gasteiger partial charge in [-0.1, -0.05) is 60.2 Å². The summed E-state index contributed by atoms with van der Waals surface area (Å²) in [5.41, 5.74) is 2.92. The van der Waals surface area contributed by atoms with E-state index in [1.807, 2.05) is 61.5 Å². The average Bonchev–Trinajstić information content (AvgIpc) is 2.83. The van der Waals surface area contributed by atoms with Crippen LogP contribution in [0.3, 0.4) is 0 Å². The molecule has 0 aliphatic carbocycles. The predicted octanol–water partition coefficient (Wildman–Crippen LogP) is 3.54. The molecular weight excluding hydrogens is 440 g/mol. The van der Waals surface area contributed by atoms with Crippen molar-refractivity contribution >= 4 is 15.9 Å². The minimum atomic E-state index is -3.93. The number of benzene rings is 3. The lowest BCUT2D eigenvalue weighted by Gasteiger charge is -2.23. The van der Waals surface area contributed by atoms with Crippen LogP contribution in [0.4, 0.5) is 0 Å².